The van der Waals surface area contributed by atoms with Crippen LogP contribution in [0.1, 0.15) is 24.4 Å². The van der Waals surface area contributed by atoms with E-state index in [4.69, 9.17) is 11.6 Å². The van der Waals surface area contributed by atoms with Crippen molar-refractivity contribution in [1.29, 1.82) is 0 Å². The second kappa shape index (κ2) is 4.42. The molecule has 1 heterocycles. The number of nitrogens with one attached hydrogen (secondary N) is 1. The first-order valence-electron chi connectivity index (χ1n) is 5.39. The van der Waals surface area contributed by atoms with Gasteiger partial charge in [0, 0.05) is 36.4 Å². The Hall–Kier alpha value is -0.730. The highest BCUT2D eigenvalue weighted by molar-refractivity contribution is 6.31. The zero-order chi connectivity index (χ0) is 10.8. The number of rotatable bonds is 2. The van der Waals surface area contributed by atoms with Crippen molar-refractivity contribution in [1.82, 2.24) is 5.32 Å². The number of hydrogen-bond donors (Lipinski definition) is 1. The summed E-state index contributed by atoms with van der Waals surface area (Å²) in [7, 11) is 4.12. The molecular formula is C12H17ClN2. The summed E-state index contributed by atoms with van der Waals surface area (Å²) in [5.74, 6) is 0. The Labute approximate surface area is 96.2 Å². The molecule has 2 nitrogen and oxygen atoms in total. The van der Waals surface area contributed by atoms with E-state index < -0.39 is 0 Å². The van der Waals surface area contributed by atoms with E-state index in [1.54, 1.807) is 0 Å². The summed E-state index contributed by atoms with van der Waals surface area (Å²) in [6.07, 6.45) is 2.42. The maximum Gasteiger partial charge on any atom is 0.0474 e. The van der Waals surface area contributed by atoms with E-state index in [9.17, 15) is 0 Å². The normalized spacial score (nSPS) is 20.6. The monoisotopic (exact) mass is 224 g/mol. The van der Waals surface area contributed by atoms with Crippen molar-refractivity contribution < 1.29 is 0 Å². The van der Waals surface area contributed by atoms with Crippen molar-refractivity contribution in [3.63, 3.8) is 0 Å². The lowest BCUT2D eigenvalue weighted by atomic mass is 10.0. The van der Waals surface area contributed by atoms with Gasteiger partial charge in [-0.3, -0.25) is 0 Å². The molecule has 0 aliphatic carbocycles. The minimum absolute atomic E-state index is 0.427. The molecule has 1 atom stereocenters. The maximum atomic E-state index is 6.29. The quantitative estimate of drug-likeness (QED) is 0.831. The summed E-state index contributed by atoms with van der Waals surface area (Å²) >= 11 is 6.29. The van der Waals surface area contributed by atoms with Gasteiger partial charge in [0.1, 0.15) is 0 Å². The van der Waals surface area contributed by atoms with Gasteiger partial charge in [0.05, 0.1) is 0 Å². The van der Waals surface area contributed by atoms with Crippen LogP contribution < -0.4 is 10.2 Å². The third kappa shape index (κ3) is 2.11. The topological polar surface area (TPSA) is 15.3 Å². The van der Waals surface area contributed by atoms with Crippen LogP contribution in [0, 0.1) is 0 Å². The first-order valence-corrected chi connectivity index (χ1v) is 5.77. The highest BCUT2D eigenvalue weighted by Gasteiger charge is 2.22. The lowest BCUT2D eigenvalue weighted by molar-refractivity contribution is 0.647. The van der Waals surface area contributed by atoms with Gasteiger partial charge >= 0.3 is 0 Å². The zero-order valence-corrected chi connectivity index (χ0v) is 10.0. The summed E-state index contributed by atoms with van der Waals surface area (Å²) in [6, 6.07) is 6.54. The van der Waals surface area contributed by atoms with Crippen LogP contribution in [0.3, 0.4) is 0 Å². The number of nitrogens with zero attached hydrogens (tertiary/aromatic N) is 1. The van der Waals surface area contributed by atoms with Gasteiger partial charge in [-0.05, 0) is 31.5 Å². The smallest absolute Gasteiger partial charge is 0.0474 e. The molecule has 0 bridgehead atoms. The standard InChI is InChI=1S/C12H17ClN2/c1-15(2)11-7-3-5-9(13)12(11)10-6-4-8-14-10/h3,5,7,10,14H,4,6,8H2,1-2H3. The summed E-state index contributed by atoms with van der Waals surface area (Å²) in [6.45, 7) is 1.10. The molecule has 1 fully saturated rings. The summed E-state index contributed by atoms with van der Waals surface area (Å²) in [4.78, 5) is 2.13. The van der Waals surface area contributed by atoms with Crippen molar-refractivity contribution in [2.45, 2.75) is 18.9 Å². The van der Waals surface area contributed by atoms with Crippen molar-refractivity contribution in [2.24, 2.45) is 0 Å². The van der Waals surface area contributed by atoms with Crippen LogP contribution in [-0.4, -0.2) is 20.6 Å². The van der Waals surface area contributed by atoms with Crippen molar-refractivity contribution in [3.8, 4) is 0 Å². The Kier molecular flexibility index (Phi) is 3.17. The van der Waals surface area contributed by atoms with E-state index in [1.807, 2.05) is 12.1 Å². The van der Waals surface area contributed by atoms with Crippen LogP contribution >= 0.6 is 11.6 Å². The summed E-state index contributed by atoms with van der Waals surface area (Å²) in [5, 5.41) is 4.37. The van der Waals surface area contributed by atoms with Gasteiger partial charge < -0.3 is 10.2 Å². The lowest BCUT2D eigenvalue weighted by Gasteiger charge is -2.22. The molecule has 3 heteroatoms. The zero-order valence-electron chi connectivity index (χ0n) is 9.26. The minimum atomic E-state index is 0.427. The SMILES string of the molecule is CN(C)c1cccc(Cl)c1C1CCCN1. The highest BCUT2D eigenvalue weighted by Crippen LogP contribution is 2.35. The second-order valence-corrected chi connectivity index (χ2v) is 4.62. The van der Waals surface area contributed by atoms with Crippen molar-refractivity contribution in [3.05, 3.63) is 28.8 Å². The van der Waals surface area contributed by atoms with E-state index >= 15 is 0 Å². The fraction of sp³-hybridized carbons (Fsp3) is 0.500. The van der Waals surface area contributed by atoms with Crippen LogP contribution in [0.2, 0.25) is 5.02 Å². The van der Waals surface area contributed by atoms with Crippen molar-refractivity contribution in [2.75, 3.05) is 25.5 Å². The molecule has 1 saturated heterocycles. The van der Waals surface area contributed by atoms with Crippen molar-refractivity contribution >= 4 is 17.3 Å². The molecule has 2 rings (SSSR count). The van der Waals surface area contributed by atoms with Gasteiger partial charge in [-0.15, -0.1) is 0 Å². The lowest BCUT2D eigenvalue weighted by Crippen LogP contribution is -2.18. The van der Waals surface area contributed by atoms with E-state index in [1.165, 1.54) is 24.1 Å². The molecule has 1 aliphatic rings. The van der Waals surface area contributed by atoms with Gasteiger partial charge in [-0.25, -0.2) is 0 Å². The van der Waals surface area contributed by atoms with E-state index in [2.05, 4.69) is 30.4 Å². The van der Waals surface area contributed by atoms with E-state index in [-0.39, 0.29) is 0 Å². The fourth-order valence-electron chi connectivity index (χ4n) is 2.19. The molecule has 0 aromatic heterocycles. The molecular weight excluding hydrogens is 208 g/mol. The molecule has 1 aromatic carbocycles. The third-order valence-electron chi connectivity index (χ3n) is 2.92. The Bertz CT molecular complexity index is 343. The van der Waals surface area contributed by atoms with E-state index in [0.717, 1.165) is 11.6 Å². The number of benzene rings is 1. The van der Waals surface area contributed by atoms with E-state index in [0.29, 0.717) is 6.04 Å². The molecule has 1 unspecified atom stereocenters. The molecule has 1 aliphatic heterocycles. The molecule has 1 aromatic rings. The number of anilines is 1. The first-order chi connectivity index (χ1) is 7.20. The molecule has 0 spiro atoms. The minimum Gasteiger partial charge on any atom is -0.377 e. The predicted molar refractivity (Wildman–Crippen MR) is 65.8 cm³/mol. The van der Waals surface area contributed by atoms with Crippen LogP contribution in [-0.2, 0) is 0 Å². The van der Waals surface area contributed by atoms with Crippen LogP contribution in [0.4, 0.5) is 5.69 Å². The van der Waals surface area contributed by atoms with Gasteiger partial charge in [0.25, 0.3) is 0 Å². The summed E-state index contributed by atoms with van der Waals surface area (Å²) < 4.78 is 0. The Morgan fingerprint density at radius 3 is 2.80 bits per heavy atom. The molecule has 0 saturated carbocycles. The average molecular weight is 225 g/mol. The predicted octanol–water partition coefficient (Wildman–Crippen LogP) is 2.83. The number of halogens is 1. The fourth-order valence-corrected chi connectivity index (χ4v) is 2.49. The molecule has 15 heavy (non-hydrogen) atoms. The highest BCUT2D eigenvalue weighted by atomic mass is 35.5. The Balaban J connectivity index is 2.41. The maximum absolute atomic E-state index is 6.29. The van der Waals surface area contributed by atoms with Gasteiger partial charge in [0.2, 0.25) is 0 Å². The second-order valence-electron chi connectivity index (χ2n) is 4.22. The average Bonchev–Trinajstić information content (AvgIpc) is 2.70. The molecule has 0 amide bonds. The van der Waals surface area contributed by atoms with Crippen LogP contribution in [0.5, 0.6) is 0 Å². The largest absolute Gasteiger partial charge is 0.377 e. The van der Waals surface area contributed by atoms with Crippen LogP contribution in [0.15, 0.2) is 18.2 Å². The molecule has 0 radical (unpaired) electrons. The summed E-state index contributed by atoms with van der Waals surface area (Å²) in [5.41, 5.74) is 2.48. The molecule has 82 valence electrons. The number of hydrogen-bond acceptors (Lipinski definition) is 2. The third-order valence-corrected chi connectivity index (χ3v) is 3.25. The Morgan fingerprint density at radius 1 is 1.40 bits per heavy atom. The first kappa shape index (κ1) is 10.8. The van der Waals surface area contributed by atoms with Gasteiger partial charge in [0.15, 0.2) is 0 Å². The Morgan fingerprint density at radius 2 is 2.20 bits per heavy atom. The van der Waals surface area contributed by atoms with Crippen LogP contribution in [0.25, 0.3) is 0 Å². The van der Waals surface area contributed by atoms with Gasteiger partial charge in [-0.1, -0.05) is 17.7 Å². The van der Waals surface area contributed by atoms with Gasteiger partial charge in [-0.2, -0.15) is 0 Å². The molecule has 1 N–H and O–H groups in total.